The molecule has 0 aliphatic rings. The molecule has 1 amide bonds. The summed E-state index contributed by atoms with van der Waals surface area (Å²) in [5, 5.41) is 7.87. The van der Waals surface area contributed by atoms with Gasteiger partial charge in [-0.25, -0.2) is 4.98 Å². The number of thiazole rings is 1. The van der Waals surface area contributed by atoms with Crippen LogP contribution in [0.4, 0.5) is 0 Å². The Labute approximate surface area is 131 Å². The van der Waals surface area contributed by atoms with Crippen molar-refractivity contribution < 1.29 is 4.79 Å². The molecule has 0 aliphatic heterocycles. The highest BCUT2D eigenvalue weighted by Gasteiger charge is 2.08. The van der Waals surface area contributed by atoms with Crippen LogP contribution in [0.2, 0.25) is 0 Å². The van der Waals surface area contributed by atoms with Gasteiger partial charge in [0.1, 0.15) is 0 Å². The minimum absolute atomic E-state index is 0.0393. The van der Waals surface area contributed by atoms with E-state index in [9.17, 15) is 4.79 Å². The van der Waals surface area contributed by atoms with Gasteiger partial charge in [0.2, 0.25) is 0 Å². The molecule has 1 N–H and O–H groups in total. The Morgan fingerprint density at radius 3 is 2.71 bits per heavy atom. The molecule has 0 saturated carbocycles. The predicted octanol–water partition coefficient (Wildman–Crippen LogP) is 3.73. The molecule has 3 nitrogen and oxygen atoms in total. The lowest BCUT2D eigenvalue weighted by Gasteiger charge is -2.00. The number of thiophene rings is 1. The van der Waals surface area contributed by atoms with Gasteiger partial charge in [0.05, 0.1) is 22.1 Å². The third-order valence-electron chi connectivity index (χ3n) is 2.97. The van der Waals surface area contributed by atoms with Crippen LogP contribution in [0.25, 0.3) is 0 Å². The molecule has 21 heavy (non-hydrogen) atoms. The van der Waals surface area contributed by atoms with Crippen LogP contribution in [0.5, 0.6) is 0 Å². The summed E-state index contributed by atoms with van der Waals surface area (Å²) in [6, 6.07) is 14.0. The molecule has 0 fully saturated rings. The minimum atomic E-state index is -0.0393. The number of carbonyl (C=O) groups is 1. The summed E-state index contributed by atoms with van der Waals surface area (Å²) in [4.78, 5) is 17.1. The zero-order chi connectivity index (χ0) is 14.5. The number of hydrogen-bond donors (Lipinski definition) is 1. The Bertz CT molecular complexity index is 705. The number of nitrogens with zero attached hydrogens (tertiary/aromatic N) is 1. The predicted molar refractivity (Wildman–Crippen MR) is 86.9 cm³/mol. The average Bonchev–Trinajstić information content (AvgIpc) is 3.17. The van der Waals surface area contributed by atoms with Crippen LogP contribution in [-0.2, 0) is 13.0 Å². The number of hydrogen-bond acceptors (Lipinski definition) is 4. The van der Waals surface area contributed by atoms with Gasteiger partial charge in [0.15, 0.2) is 0 Å². The Morgan fingerprint density at radius 2 is 1.95 bits per heavy atom. The number of rotatable bonds is 5. The maximum Gasteiger partial charge on any atom is 0.261 e. The third kappa shape index (κ3) is 3.77. The first kappa shape index (κ1) is 14.0. The monoisotopic (exact) mass is 314 g/mol. The van der Waals surface area contributed by atoms with Crippen molar-refractivity contribution >= 4 is 28.6 Å². The fourth-order valence-corrected chi connectivity index (χ4v) is 3.42. The van der Waals surface area contributed by atoms with Crippen LogP contribution in [-0.4, -0.2) is 10.9 Å². The number of amides is 1. The lowest BCUT2D eigenvalue weighted by molar-refractivity contribution is 0.0954. The summed E-state index contributed by atoms with van der Waals surface area (Å²) in [6.07, 6.45) is 0.838. The van der Waals surface area contributed by atoms with Crippen LogP contribution in [0, 0.1) is 0 Å². The van der Waals surface area contributed by atoms with Crippen molar-refractivity contribution in [2.75, 3.05) is 0 Å². The van der Waals surface area contributed by atoms with Crippen LogP contribution in [0.1, 0.15) is 25.9 Å². The van der Waals surface area contributed by atoms with Gasteiger partial charge in [-0.3, -0.25) is 4.79 Å². The number of aromatic nitrogens is 1. The molecule has 106 valence electrons. The molecule has 5 heteroatoms. The summed E-state index contributed by atoms with van der Waals surface area (Å²) in [5.74, 6) is -0.0393. The van der Waals surface area contributed by atoms with E-state index >= 15 is 0 Å². The Kier molecular flexibility index (Phi) is 4.43. The number of benzene rings is 1. The molecule has 2 heterocycles. The summed E-state index contributed by atoms with van der Waals surface area (Å²) in [7, 11) is 0. The normalized spacial score (nSPS) is 10.5. The van der Waals surface area contributed by atoms with Crippen molar-refractivity contribution in [2.24, 2.45) is 0 Å². The molecule has 0 bridgehead atoms. The van der Waals surface area contributed by atoms with Crippen LogP contribution >= 0.6 is 22.7 Å². The van der Waals surface area contributed by atoms with Gasteiger partial charge >= 0.3 is 0 Å². The zero-order valence-electron chi connectivity index (χ0n) is 11.3. The minimum Gasteiger partial charge on any atom is -0.346 e. The first-order valence-corrected chi connectivity index (χ1v) is 8.36. The van der Waals surface area contributed by atoms with Gasteiger partial charge in [-0.05, 0) is 17.0 Å². The maximum atomic E-state index is 11.9. The number of nitrogens with one attached hydrogen (secondary N) is 1. The lowest BCUT2D eigenvalue weighted by atomic mass is 10.2. The smallest absolute Gasteiger partial charge is 0.261 e. The SMILES string of the molecule is O=C(NCc1csc(Cc2ccccc2)n1)c1cccs1. The van der Waals surface area contributed by atoms with E-state index in [1.807, 2.05) is 41.1 Å². The highest BCUT2D eigenvalue weighted by atomic mass is 32.1. The third-order valence-corrected chi connectivity index (χ3v) is 4.74. The largest absolute Gasteiger partial charge is 0.346 e. The molecule has 2 aromatic heterocycles. The molecule has 0 spiro atoms. The van der Waals surface area contributed by atoms with Crippen molar-refractivity contribution in [3.05, 3.63) is 74.4 Å². The van der Waals surface area contributed by atoms with Crippen LogP contribution in [0.15, 0.2) is 53.2 Å². The second kappa shape index (κ2) is 6.65. The molecule has 3 rings (SSSR count). The van der Waals surface area contributed by atoms with Gasteiger partial charge in [0.25, 0.3) is 5.91 Å². The molecule has 0 radical (unpaired) electrons. The van der Waals surface area contributed by atoms with Gasteiger partial charge < -0.3 is 5.32 Å². The fraction of sp³-hybridized carbons (Fsp3) is 0.125. The van der Waals surface area contributed by atoms with E-state index in [0.717, 1.165) is 22.0 Å². The van der Waals surface area contributed by atoms with Crippen molar-refractivity contribution in [1.29, 1.82) is 0 Å². The summed E-state index contributed by atoms with van der Waals surface area (Å²) in [5.41, 5.74) is 2.16. The quantitative estimate of drug-likeness (QED) is 0.780. The Morgan fingerprint density at radius 1 is 1.10 bits per heavy atom. The second-order valence-electron chi connectivity index (χ2n) is 4.55. The highest BCUT2D eigenvalue weighted by Crippen LogP contribution is 2.15. The van der Waals surface area contributed by atoms with E-state index in [4.69, 9.17) is 0 Å². The van der Waals surface area contributed by atoms with Gasteiger partial charge in [0, 0.05) is 11.8 Å². The highest BCUT2D eigenvalue weighted by molar-refractivity contribution is 7.12. The lowest BCUT2D eigenvalue weighted by Crippen LogP contribution is -2.21. The molecule has 0 saturated heterocycles. The summed E-state index contributed by atoms with van der Waals surface area (Å²) < 4.78 is 0. The average molecular weight is 314 g/mol. The second-order valence-corrected chi connectivity index (χ2v) is 6.45. The topological polar surface area (TPSA) is 42.0 Å². The Balaban J connectivity index is 1.57. The van der Waals surface area contributed by atoms with Gasteiger partial charge in [-0.1, -0.05) is 36.4 Å². The summed E-state index contributed by atoms with van der Waals surface area (Å²) in [6.45, 7) is 0.474. The fourth-order valence-electron chi connectivity index (χ4n) is 1.95. The van der Waals surface area contributed by atoms with Gasteiger partial charge in [-0.2, -0.15) is 0 Å². The van der Waals surface area contributed by atoms with E-state index in [0.29, 0.717) is 6.54 Å². The molecule has 3 aromatic rings. The van der Waals surface area contributed by atoms with Crippen molar-refractivity contribution in [2.45, 2.75) is 13.0 Å². The van der Waals surface area contributed by atoms with E-state index in [2.05, 4.69) is 22.4 Å². The summed E-state index contributed by atoms with van der Waals surface area (Å²) >= 11 is 3.08. The van der Waals surface area contributed by atoms with Crippen molar-refractivity contribution in [3.8, 4) is 0 Å². The first-order valence-electron chi connectivity index (χ1n) is 6.60. The van der Waals surface area contributed by atoms with Crippen LogP contribution < -0.4 is 5.32 Å². The molecule has 0 atom stereocenters. The maximum absolute atomic E-state index is 11.9. The van der Waals surface area contributed by atoms with E-state index in [1.165, 1.54) is 16.9 Å². The standard InChI is InChI=1S/C16H14N2OS2/c19-16(14-7-4-8-20-14)17-10-13-11-21-15(18-13)9-12-5-2-1-3-6-12/h1-8,11H,9-10H2,(H,17,19). The van der Waals surface area contributed by atoms with Crippen molar-refractivity contribution in [1.82, 2.24) is 10.3 Å². The molecular formula is C16H14N2OS2. The van der Waals surface area contributed by atoms with Crippen molar-refractivity contribution in [3.63, 3.8) is 0 Å². The molecular weight excluding hydrogens is 300 g/mol. The molecule has 0 aliphatic carbocycles. The number of carbonyl (C=O) groups excluding carboxylic acids is 1. The van der Waals surface area contributed by atoms with E-state index < -0.39 is 0 Å². The van der Waals surface area contributed by atoms with E-state index in [1.54, 1.807) is 11.3 Å². The van der Waals surface area contributed by atoms with E-state index in [-0.39, 0.29) is 5.91 Å². The van der Waals surface area contributed by atoms with Crippen LogP contribution in [0.3, 0.4) is 0 Å². The molecule has 0 unspecified atom stereocenters. The zero-order valence-corrected chi connectivity index (χ0v) is 12.9. The first-order chi connectivity index (χ1) is 10.3. The Hall–Kier alpha value is -1.98. The molecule has 1 aromatic carbocycles. The van der Waals surface area contributed by atoms with Gasteiger partial charge in [-0.15, -0.1) is 22.7 Å².